The van der Waals surface area contributed by atoms with E-state index in [-0.39, 0.29) is 0 Å². The molecule has 0 bridgehead atoms. The molecule has 1 N–H and O–H groups in total. The Labute approximate surface area is 153 Å². The van der Waals surface area contributed by atoms with Gasteiger partial charge in [-0.2, -0.15) is 0 Å². The maximum absolute atomic E-state index is 11.8. The predicted molar refractivity (Wildman–Crippen MR) is 103 cm³/mol. The third kappa shape index (κ3) is 4.84. The number of nitrogens with zero attached hydrogens (tertiary/aromatic N) is 1. The lowest BCUT2D eigenvalue weighted by Crippen LogP contribution is -2.42. The van der Waals surface area contributed by atoms with Gasteiger partial charge in [0.05, 0.1) is 0 Å². The van der Waals surface area contributed by atoms with Crippen molar-refractivity contribution in [3.05, 3.63) is 35.4 Å². The van der Waals surface area contributed by atoms with Crippen LogP contribution in [0.1, 0.15) is 64.0 Å². The second kappa shape index (κ2) is 8.35. The van der Waals surface area contributed by atoms with Gasteiger partial charge in [-0.3, -0.25) is 4.79 Å². The van der Waals surface area contributed by atoms with Crippen LogP contribution >= 0.6 is 0 Å². The molecule has 3 rings (SSSR count). The molecule has 1 heterocycles. The number of carbonyl (C=O) groups excluding carboxylic acids is 1. The molecule has 2 fully saturated rings. The first kappa shape index (κ1) is 18.4. The molecule has 1 saturated heterocycles. The van der Waals surface area contributed by atoms with E-state index in [0.29, 0.717) is 11.9 Å². The summed E-state index contributed by atoms with van der Waals surface area (Å²) in [4.78, 5) is 13.7. The molecule has 138 valence electrons. The summed E-state index contributed by atoms with van der Waals surface area (Å²) in [6.07, 6.45) is 5.78. The highest BCUT2D eigenvalue weighted by atomic mass is 16.2. The van der Waals surface area contributed by atoms with Crippen molar-refractivity contribution in [2.24, 2.45) is 17.8 Å². The van der Waals surface area contributed by atoms with Gasteiger partial charge in [0, 0.05) is 32.1 Å². The molecule has 1 aromatic carbocycles. The maximum atomic E-state index is 11.8. The lowest BCUT2D eigenvalue weighted by molar-refractivity contribution is -0.128. The van der Waals surface area contributed by atoms with Crippen LogP contribution in [0.15, 0.2) is 24.3 Å². The number of likely N-dealkylation sites (tertiary alicyclic amines) is 1. The molecule has 1 saturated carbocycles. The van der Waals surface area contributed by atoms with E-state index in [1.165, 1.54) is 30.4 Å². The quantitative estimate of drug-likeness (QED) is 0.833. The zero-order chi connectivity index (χ0) is 17.8. The monoisotopic (exact) mass is 342 g/mol. The highest BCUT2D eigenvalue weighted by Gasteiger charge is 2.30. The normalized spacial score (nSPS) is 27.3. The average molecular weight is 343 g/mol. The molecule has 3 heteroatoms. The van der Waals surface area contributed by atoms with Crippen molar-refractivity contribution in [3.8, 4) is 0 Å². The van der Waals surface area contributed by atoms with Gasteiger partial charge in [0.2, 0.25) is 5.91 Å². The SMILES string of the molecule is CC1CCC(C(C)C)C(NCc2ccc(CN3CCCC3=O)cc2)C1. The van der Waals surface area contributed by atoms with Crippen LogP contribution in [0.5, 0.6) is 0 Å². The Kier molecular flexibility index (Phi) is 6.16. The van der Waals surface area contributed by atoms with E-state index in [1.807, 2.05) is 4.90 Å². The van der Waals surface area contributed by atoms with Crippen LogP contribution in [-0.2, 0) is 17.9 Å². The third-order valence-corrected chi connectivity index (χ3v) is 6.16. The minimum Gasteiger partial charge on any atom is -0.338 e. The summed E-state index contributed by atoms with van der Waals surface area (Å²) in [6, 6.07) is 9.46. The number of benzene rings is 1. The first-order valence-electron chi connectivity index (χ1n) is 10.1. The fourth-order valence-electron chi connectivity index (χ4n) is 4.54. The summed E-state index contributed by atoms with van der Waals surface area (Å²) in [5.41, 5.74) is 2.59. The first-order valence-corrected chi connectivity index (χ1v) is 10.1. The Bertz CT molecular complexity index is 566. The molecule has 0 radical (unpaired) electrons. The molecule has 1 amide bonds. The van der Waals surface area contributed by atoms with Crippen LogP contribution in [0, 0.1) is 17.8 Å². The Morgan fingerprint density at radius 3 is 2.52 bits per heavy atom. The van der Waals surface area contributed by atoms with E-state index in [4.69, 9.17) is 0 Å². The van der Waals surface area contributed by atoms with Gasteiger partial charge in [-0.15, -0.1) is 0 Å². The van der Waals surface area contributed by atoms with Gasteiger partial charge in [0.1, 0.15) is 0 Å². The van der Waals surface area contributed by atoms with E-state index in [2.05, 4.69) is 50.4 Å². The molecular weight excluding hydrogens is 308 g/mol. The van der Waals surface area contributed by atoms with Gasteiger partial charge in [0.25, 0.3) is 0 Å². The predicted octanol–water partition coefficient (Wildman–Crippen LogP) is 4.36. The van der Waals surface area contributed by atoms with Gasteiger partial charge in [-0.25, -0.2) is 0 Å². The fourth-order valence-corrected chi connectivity index (χ4v) is 4.54. The van der Waals surface area contributed by atoms with Gasteiger partial charge in [-0.1, -0.05) is 51.5 Å². The van der Waals surface area contributed by atoms with Crippen molar-refractivity contribution in [1.29, 1.82) is 0 Å². The van der Waals surface area contributed by atoms with Crippen molar-refractivity contribution in [3.63, 3.8) is 0 Å². The summed E-state index contributed by atoms with van der Waals surface area (Å²) in [6.45, 7) is 9.75. The molecular formula is C22H34N2O. The molecule has 3 unspecified atom stereocenters. The smallest absolute Gasteiger partial charge is 0.222 e. The number of hydrogen-bond donors (Lipinski definition) is 1. The van der Waals surface area contributed by atoms with Crippen LogP contribution in [0.3, 0.4) is 0 Å². The fraction of sp³-hybridized carbons (Fsp3) is 0.682. The van der Waals surface area contributed by atoms with E-state index in [9.17, 15) is 4.79 Å². The lowest BCUT2D eigenvalue weighted by atomic mass is 9.74. The highest BCUT2D eigenvalue weighted by Crippen LogP contribution is 2.33. The van der Waals surface area contributed by atoms with Gasteiger partial charge < -0.3 is 10.2 Å². The van der Waals surface area contributed by atoms with E-state index >= 15 is 0 Å². The molecule has 1 aromatic rings. The topological polar surface area (TPSA) is 32.3 Å². The molecule has 3 nitrogen and oxygen atoms in total. The van der Waals surface area contributed by atoms with Crippen LogP contribution in [0.25, 0.3) is 0 Å². The second-order valence-electron chi connectivity index (χ2n) is 8.55. The van der Waals surface area contributed by atoms with Crippen LogP contribution in [0.2, 0.25) is 0 Å². The van der Waals surface area contributed by atoms with Crippen molar-refractivity contribution < 1.29 is 4.79 Å². The molecule has 25 heavy (non-hydrogen) atoms. The summed E-state index contributed by atoms with van der Waals surface area (Å²) in [7, 11) is 0. The number of rotatable bonds is 6. The van der Waals surface area contributed by atoms with E-state index < -0.39 is 0 Å². The Morgan fingerprint density at radius 2 is 1.88 bits per heavy atom. The standard InChI is InChI=1S/C22H34N2O/c1-16(2)20-11-6-17(3)13-21(20)23-14-18-7-9-19(10-8-18)15-24-12-4-5-22(24)25/h7-10,16-17,20-21,23H,4-6,11-15H2,1-3H3. The molecule has 1 aliphatic heterocycles. The lowest BCUT2D eigenvalue weighted by Gasteiger charge is -2.38. The molecule has 2 aliphatic rings. The van der Waals surface area contributed by atoms with Gasteiger partial charge in [0.15, 0.2) is 0 Å². The maximum Gasteiger partial charge on any atom is 0.222 e. The Balaban J connectivity index is 1.53. The largest absolute Gasteiger partial charge is 0.338 e. The zero-order valence-corrected chi connectivity index (χ0v) is 16.1. The molecule has 1 aliphatic carbocycles. The summed E-state index contributed by atoms with van der Waals surface area (Å²) in [5.74, 6) is 2.70. The van der Waals surface area contributed by atoms with Crippen LogP contribution in [-0.4, -0.2) is 23.4 Å². The minimum atomic E-state index is 0.303. The summed E-state index contributed by atoms with van der Waals surface area (Å²) >= 11 is 0. The van der Waals surface area contributed by atoms with E-state index in [1.54, 1.807) is 0 Å². The summed E-state index contributed by atoms with van der Waals surface area (Å²) in [5, 5.41) is 3.83. The van der Waals surface area contributed by atoms with E-state index in [0.717, 1.165) is 50.2 Å². The zero-order valence-electron chi connectivity index (χ0n) is 16.1. The average Bonchev–Trinajstić information content (AvgIpc) is 2.99. The van der Waals surface area contributed by atoms with Crippen LogP contribution in [0.4, 0.5) is 0 Å². The third-order valence-electron chi connectivity index (χ3n) is 6.16. The van der Waals surface area contributed by atoms with Crippen molar-refractivity contribution in [2.45, 2.75) is 72.0 Å². The number of nitrogens with one attached hydrogen (secondary N) is 1. The van der Waals surface area contributed by atoms with Crippen molar-refractivity contribution >= 4 is 5.91 Å². The van der Waals surface area contributed by atoms with Crippen molar-refractivity contribution in [2.75, 3.05) is 6.54 Å². The number of carbonyl (C=O) groups is 1. The number of amides is 1. The summed E-state index contributed by atoms with van der Waals surface area (Å²) < 4.78 is 0. The molecule has 0 spiro atoms. The van der Waals surface area contributed by atoms with Gasteiger partial charge in [-0.05, 0) is 48.1 Å². The molecule has 0 aromatic heterocycles. The highest BCUT2D eigenvalue weighted by molar-refractivity contribution is 5.78. The van der Waals surface area contributed by atoms with Gasteiger partial charge >= 0.3 is 0 Å². The Hall–Kier alpha value is -1.35. The molecule has 3 atom stereocenters. The van der Waals surface area contributed by atoms with Crippen molar-refractivity contribution in [1.82, 2.24) is 10.2 Å². The Morgan fingerprint density at radius 1 is 1.16 bits per heavy atom. The minimum absolute atomic E-state index is 0.303. The second-order valence-corrected chi connectivity index (χ2v) is 8.55. The number of hydrogen-bond acceptors (Lipinski definition) is 2. The first-order chi connectivity index (χ1) is 12.0. The van der Waals surface area contributed by atoms with Crippen LogP contribution < -0.4 is 5.32 Å².